The van der Waals surface area contributed by atoms with E-state index in [0.717, 1.165) is 68.1 Å². The normalized spacial score (nSPS) is 23.3. The van der Waals surface area contributed by atoms with E-state index in [-0.39, 0.29) is 59.5 Å². The maximum absolute atomic E-state index is 14.0. The SMILES string of the molecule is C[C@H]1C[C@@H](N2CCN(c3ccc(Nc4cc(-c5ccnc(N6CCn7c(cc8c7CC(C)(C)C8)C6=O)c5CO)cn(C)c4=O)nc3)[C@@H](C)C2)CCN1c1ccc2c(c1)C(=O)N(C1CCC(=O)NC1=O)C2=O. The number of imide groups is 2. The Kier molecular flexibility index (Phi) is 11.5. The molecule has 0 radical (unpaired) electrons. The van der Waals surface area contributed by atoms with Crippen molar-refractivity contribution in [2.45, 2.75) is 104 Å². The van der Waals surface area contributed by atoms with Crippen molar-refractivity contribution in [3.8, 4) is 11.1 Å². The molecule has 9 heterocycles. The quantitative estimate of drug-likeness (QED) is 0.173. The zero-order chi connectivity index (χ0) is 49.6. The molecule has 4 atom stereocenters. The van der Waals surface area contributed by atoms with Crippen molar-refractivity contribution < 1.29 is 29.1 Å². The third-order valence-corrected chi connectivity index (χ3v) is 15.7. The Morgan fingerprint density at radius 1 is 0.803 bits per heavy atom. The van der Waals surface area contributed by atoms with Gasteiger partial charge >= 0.3 is 0 Å². The average molecular weight is 962 g/mol. The first-order valence-corrected chi connectivity index (χ1v) is 24.8. The number of nitrogens with zero attached hydrogens (tertiary/aromatic N) is 9. The molecule has 3 fully saturated rings. The van der Waals surface area contributed by atoms with Crippen LogP contribution in [0.4, 0.5) is 28.7 Å². The van der Waals surface area contributed by atoms with E-state index in [2.05, 4.69) is 62.6 Å². The van der Waals surface area contributed by atoms with E-state index < -0.39 is 29.7 Å². The molecule has 71 heavy (non-hydrogen) atoms. The molecule has 1 aliphatic carbocycles. The van der Waals surface area contributed by atoms with E-state index >= 15 is 0 Å². The first-order valence-electron chi connectivity index (χ1n) is 24.8. The summed E-state index contributed by atoms with van der Waals surface area (Å²) >= 11 is 0. The Morgan fingerprint density at radius 3 is 2.34 bits per heavy atom. The molecule has 5 aromatic rings. The number of benzene rings is 1. The number of fused-ring (bicyclic) bond motifs is 4. The minimum Gasteiger partial charge on any atom is -0.392 e. The van der Waals surface area contributed by atoms with Gasteiger partial charge < -0.3 is 29.4 Å². The summed E-state index contributed by atoms with van der Waals surface area (Å²) in [4.78, 5) is 98.0. The van der Waals surface area contributed by atoms with Crippen LogP contribution >= 0.6 is 0 Å². The van der Waals surface area contributed by atoms with Gasteiger partial charge in [0.05, 0.1) is 29.6 Å². The maximum Gasteiger partial charge on any atom is 0.276 e. The van der Waals surface area contributed by atoms with E-state index in [1.54, 1.807) is 48.6 Å². The lowest BCUT2D eigenvalue weighted by Crippen LogP contribution is -2.58. The molecule has 1 unspecified atom stereocenters. The lowest BCUT2D eigenvalue weighted by atomic mass is 9.90. The van der Waals surface area contributed by atoms with Crippen LogP contribution in [0.1, 0.15) is 101 Å². The maximum atomic E-state index is 14.0. The van der Waals surface area contributed by atoms with Gasteiger partial charge in [-0.05, 0) is 111 Å². The number of anilines is 5. The molecule has 368 valence electrons. The van der Waals surface area contributed by atoms with Crippen LogP contribution in [0, 0.1) is 5.41 Å². The Hall–Kier alpha value is -7.18. The highest BCUT2D eigenvalue weighted by Gasteiger charge is 2.45. The van der Waals surface area contributed by atoms with Crippen molar-refractivity contribution in [2.75, 3.05) is 52.7 Å². The minimum atomic E-state index is -0.998. The summed E-state index contributed by atoms with van der Waals surface area (Å²) in [5.41, 5.74) is 7.64. The number of pyridine rings is 3. The van der Waals surface area contributed by atoms with Crippen molar-refractivity contribution >= 4 is 58.2 Å². The monoisotopic (exact) mass is 961 g/mol. The van der Waals surface area contributed by atoms with Crippen molar-refractivity contribution in [3.63, 3.8) is 0 Å². The van der Waals surface area contributed by atoms with Gasteiger partial charge in [-0.15, -0.1) is 0 Å². The first-order chi connectivity index (χ1) is 34.1. The second-order valence-corrected chi connectivity index (χ2v) is 21.0. The number of aryl methyl sites for hydroxylation is 1. The Bertz CT molecular complexity index is 3110. The molecule has 4 aromatic heterocycles. The van der Waals surface area contributed by atoms with Crippen LogP contribution < -0.4 is 30.9 Å². The molecule has 18 nitrogen and oxygen atoms in total. The number of carbonyl (C=O) groups is 5. The standard InChI is InChI=1S/C53H59N11O7/c1-30-20-34(13-15-60(30)35-6-8-38-39(23-35)50(69)64(49(38)68)42-9-11-46(66)57-48(42)67)59-16-17-61(31(2)27-59)36-7-10-45(55-26-36)56-41-21-33(28-58(5)51(41)70)37-12-14-54-47(40(37)29-65)63-19-18-62-43(52(63)71)22-32-24-53(3,4)25-44(32)62/h6-8,10,12,14,21-23,26,28,30-31,34,42,65H,9,11,13,15-20,24-25,27,29H2,1-5H3,(H,55,56)(H,57,66,67)/t30-,31-,34-,42?/m0/s1. The van der Waals surface area contributed by atoms with E-state index in [1.165, 1.54) is 15.8 Å². The van der Waals surface area contributed by atoms with E-state index in [4.69, 9.17) is 4.98 Å². The van der Waals surface area contributed by atoms with Gasteiger partial charge in [0.25, 0.3) is 23.3 Å². The molecule has 0 bridgehead atoms. The number of aromatic nitrogens is 4. The highest BCUT2D eigenvalue weighted by molar-refractivity contribution is 6.23. The van der Waals surface area contributed by atoms with Gasteiger partial charge in [-0.3, -0.25) is 48.8 Å². The molecule has 0 spiro atoms. The third-order valence-electron chi connectivity index (χ3n) is 15.7. The van der Waals surface area contributed by atoms with E-state index in [9.17, 15) is 33.9 Å². The smallest absolute Gasteiger partial charge is 0.276 e. The third kappa shape index (κ3) is 8.06. The summed E-state index contributed by atoms with van der Waals surface area (Å²) in [6, 6.07) is 14.6. The lowest BCUT2D eigenvalue weighted by molar-refractivity contribution is -0.136. The number of nitrogens with one attached hydrogen (secondary N) is 2. The summed E-state index contributed by atoms with van der Waals surface area (Å²) in [5, 5.41) is 16.3. The lowest BCUT2D eigenvalue weighted by Gasteiger charge is -2.48. The summed E-state index contributed by atoms with van der Waals surface area (Å²) < 4.78 is 3.66. The molecule has 5 aliphatic heterocycles. The summed E-state index contributed by atoms with van der Waals surface area (Å²) in [5.74, 6) is -1.24. The molecule has 5 amide bonds. The Morgan fingerprint density at radius 2 is 1.59 bits per heavy atom. The van der Waals surface area contributed by atoms with E-state index in [1.807, 2.05) is 30.5 Å². The van der Waals surface area contributed by atoms with Gasteiger partial charge in [-0.2, -0.15) is 0 Å². The highest BCUT2D eigenvalue weighted by Crippen LogP contribution is 2.41. The van der Waals surface area contributed by atoms with Crippen LogP contribution in [0.25, 0.3) is 11.1 Å². The summed E-state index contributed by atoms with van der Waals surface area (Å²) in [7, 11) is 1.69. The summed E-state index contributed by atoms with van der Waals surface area (Å²) in [6.45, 7) is 13.0. The molecule has 3 N–H and O–H groups in total. The van der Waals surface area contributed by atoms with Crippen molar-refractivity contribution in [1.29, 1.82) is 0 Å². The molecule has 0 saturated carbocycles. The van der Waals surface area contributed by atoms with Gasteiger partial charge in [0.2, 0.25) is 11.8 Å². The van der Waals surface area contributed by atoms with Crippen LogP contribution in [-0.2, 0) is 42.6 Å². The fourth-order valence-electron chi connectivity index (χ4n) is 12.2. The Balaban J connectivity index is 0.726. The molecular formula is C53H59N11O7. The molecule has 6 aliphatic rings. The number of aliphatic hydroxyl groups is 1. The number of hydrogen-bond donors (Lipinski definition) is 3. The molecular weight excluding hydrogens is 903 g/mol. The number of piperidine rings is 2. The van der Waals surface area contributed by atoms with Gasteiger partial charge in [0, 0.05) is 106 Å². The van der Waals surface area contributed by atoms with Gasteiger partial charge in [-0.1, -0.05) is 13.8 Å². The van der Waals surface area contributed by atoms with Crippen LogP contribution in [0.15, 0.2) is 71.9 Å². The predicted molar refractivity (Wildman–Crippen MR) is 267 cm³/mol. The zero-order valence-corrected chi connectivity index (χ0v) is 40.8. The van der Waals surface area contributed by atoms with Crippen LogP contribution in [0.5, 0.6) is 0 Å². The number of aliphatic hydroxyl groups excluding tert-OH is 1. The van der Waals surface area contributed by atoms with Gasteiger partial charge in [-0.25, -0.2) is 9.97 Å². The molecule has 18 heteroatoms. The number of carbonyl (C=O) groups excluding carboxylic acids is 5. The van der Waals surface area contributed by atoms with Crippen molar-refractivity contribution in [2.24, 2.45) is 12.5 Å². The topological polar surface area (TPSA) is 199 Å². The predicted octanol–water partition coefficient (Wildman–Crippen LogP) is 4.63. The zero-order valence-electron chi connectivity index (χ0n) is 40.8. The number of hydrogen-bond acceptors (Lipinski definition) is 13. The molecule has 11 rings (SSSR count). The average Bonchev–Trinajstić information content (AvgIpc) is 3.94. The largest absolute Gasteiger partial charge is 0.392 e. The number of piperazine rings is 1. The van der Waals surface area contributed by atoms with E-state index in [0.29, 0.717) is 58.8 Å². The van der Waals surface area contributed by atoms with Crippen molar-refractivity contribution in [3.05, 3.63) is 111 Å². The summed E-state index contributed by atoms with van der Waals surface area (Å²) in [6.07, 6.45) is 9.14. The fraction of sp³-hybridized carbons (Fsp3) is 0.434. The molecule has 1 aromatic carbocycles. The van der Waals surface area contributed by atoms with Crippen LogP contribution in [0.3, 0.4) is 0 Å². The number of amides is 5. The highest BCUT2D eigenvalue weighted by atomic mass is 16.3. The van der Waals surface area contributed by atoms with Crippen LogP contribution in [0.2, 0.25) is 0 Å². The molecule has 3 saturated heterocycles. The van der Waals surface area contributed by atoms with Crippen molar-refractivity contribution in [1.82, 2.24) is 34.2 Å². The first kappa shape index (κ1) is 46.2. The van der Waals surface area contributed by atoms with Crippen LogP contribution in [-0.4, -0.2) is 120 Å². The second-order valence-electron chi connectivity index (χ2n) is 21.0. The number of rotatable bonds is 9. The minimum absolute atomic E-state index is 0.0757. The van der Waals surface area contributed by atoms with Gasteiger partial charge in [0.1, 0.15) is 29.1 Å². The second kappa shape index (κ2) is 17.6. The Labute approximate surface area is 411 Å². The fourth-order valence-corrected chi connectivity index (χ4v) is 12.2. The van der Waals surface area contributed by atoms with Gasteiger partial charge in [0.15, 0.2) is 0 Å².